The lowest BCUT2D eigenvalue weighted by Gasteiger charge is -2.29. The summed E-state index contributed by atoms with van der Waals surface area (Å²) in [6, 6.07) is 2.81. The van der Waals surface area contributed by atoms with Crippen LogP contribution in [0.5, 0.6) is 5.75 Å². The van der Waals surface area contributed by atoms with Gasteiger partial charge in [0.15, 0.2) is 5.75 Å². The number of carbonyl (C=O) groups is 4. The fourth-order valence-corrected chi connectivity index (χ4v) is 4.86. The topological polar surface area (TPSA) is 130 Å². The molecule has 2 fully saturated rings. The fraction of sp³-hybridized carbons (Fsp3) is 0.360. The van der Waals surface area contributed by atoms with Crippen molar-refractivity contribution in [2.75, 3.05) is 18.5 Å². The van der Waals surface area contributed by atoms with Gasteiger partial charge >= 0.3 is 6.09 Å². The van der Waals surface area contributed by atoms with Gasteiger partial charge in [0.2, 0.25) is 5.91 Å². The molecule has 3 N–H and O–H groups in total. The van der Waals surface area contributed by atoms with E-state index in [2.05, 4.69) is 15.6 Å². The van der Waals surface area contributed by atoms with Gasteiger partial charge in [-0.1, -0.05) is 0 Å². The summed E-state index contributed by atoms with van der Waals surface area (Å²) in [4.78, 5) is 54.6. The number of fused-ring (bicyclic) bond motifs is 1. The average Bonchev–Trinajstić information content (AvgIpc) is 3.40. The zero-order valence-corrected chi connectivity index (χ0v) is 19.8. The third kappa shape index (κ3) is 4.26. The van der Waals surface area contributed by atoms with E-state index in [1.165, 1.54) is 23.1 Å². The van der Waals surface area contributed by atoms with Crippen LogP contribution < -0.4 is 15.4 Å². The average molecular weight is 496 g/mol. The molecule has 5 rings (SSSR count). The maximum atomic E-state index is 13.7. The van der Waals surface area contributed by atoms with Gasteiger partial charge in [-0.25, -0.2) is 9.18 Å². The van der Waals surface area contributed by atoms with Crippen LogP contribution in [0, 0.1) is 19.7 Å². The molecule has 11 heteroatoms. The number of carbonyl (C=O) groups excluding carboxylic acids is 4. The smallest absolute Gasteiger partial charge is 0.408 e. The number of imide groups is 1. The van der Waals surface area contributed by atoms with Crippen LogP contribution in [-0.4, -0.2) is 59.0 Å². The SMILES string of the molecule is Cc1[nH]c(/C=C2\C(=O)Nc3ccc(F)cc32)c(C)c1OC(=O)N[C@H]1CC(=O)N(C2CCOCC2)C1=O. The lowest BCUT2D eigenvalue weighted by atomic mass is 10.0. The molecule has 0 aliphatic carbocycles. The number of benzene rings is 1. The van der Waals surface area contributed by atoms with E-state index in [0.717, 1.165) is 0 Å². The lowest BCUT2D eigenvalue weighted by molar-refractivity contribution is -0.143. The summed E-state index contributed by atoms with van der Waals surface area (Å²) in [6.45, 7) is 4.36. The quantitative estimate of drug-likeness (QED) is 0.441. The van der Waals surface area contributed by atoms with Crippen molar-refractivity contribution in [1.82, 2.24) is 15.2 Å². The van der Waals surface area contributed by atoms with Crippen molar-refractivity contribution >= 4 is 41.2 Å². The van der Waals surface area contributed by atoms with Crippen molar-refractivity contribution in [1.29, 1.82) is 0 Å². The lowest BCUT2D eigenvalue weighted by Crippen LogP contribution is -2.47. The predicted octanol–water partition coefficient (Wildman–Crippen LogP) is 2.66. The van der Waals surface area contributed by atoms with E-state index in [1.807, 2.05) is 0 Å². The summed E-state index contributed by atoms with van der Waals surface area (Å²) < 4.78 is 24.5. The summed E-state index contributed by atoms with van der Waals surface area (Å²) in [7, 11) is 0. The van der Waals surface area contributed by atoms with Gasteiger partial charge in [-0.2, -0.15) is 0 Å². The summed E-state index contributed by atoms with van der Waals surface area (Å²) >= 11 is 0. The molecule has 4 heterocycles. The predicted molar refractivity (Wildman–Crippen MR) is 126 cm³/mol. The van der Waals surface area contributed by atoms with Gasteiger partial charge < -0.3 is 25.1 Å². The molecule has 0 unspecified atom stereocenters. The van der Waals surface area contributed by atoms with Crippen LogP contribution >= 0.6 is 0 Å². The first-order valence-electron chi connectivity index (χ1n) is 11.7. The highest BCUT2D eigenvalue weighted by Crippen LogP contribution is 2.35. The van der Waals surface area contributed by atoms with Gasteiger partial charge in [0.25, 0.3) is 11.8 Å². The van der Waals surface area contributed by atoms with Crippen molar-refractivity contribution in [2.45, 2.75) is 45.2 Å². The Hall–Kier alpha value is -3.99. The monoisotopic (exact) mass is 496 g/mol. The number of anilines is 1. The fourth-order valence-electron chi connectivity index (χ4n) is 4.86. The van der Waals surface area contributed by atoms with Crippen LogP contribution in [0.2, 0.25) is 0 Å². The molecule has 1 atom stereocenters. The zero-order valence-electron chi connectivity index (χ0n) is 19.8. The number of H-pyrrole nitrogens is 1. The zero-order chi connectivity index (χ0) is 25.6. The molecular formula is C25H25FN4O6. The number of aromatic amines is 1. The number of aromatic nitrogens is 1. The summed E-state index contributed by atoms with van der Waals surface area (Å²) in [5, 5.41) is 5.19. The molecule has 36 heavy (non-hydrogen) atoms. The van der Waals surface area contributed by atoms with Crippen LogP contribution in [0.1, 0.15) is 41.8 Å². The number of nitrogens with zero attached hydrogens (tertiary/aromatic N) is 1. The van der Waals surface area contributed by atoms with E-state index >= 15 is 0 Å². The molecule has 188 valence electrons. The molecule has 0 spiro atoms. The highest BCUT2D eigenvalue weighted by Gasteiger charge is 2.43. The highest BCUT2D eigenvalue weighted by molar-refractivity contribution is 6.34. The molecule has 4 amide bonds. The van der Waals surface area contributed by atoms with E-state index in [0.29, 0.717) is 54.3 Å². The molecule has 3 aliphatic heterocycles. The molecule has 3 aliphatic rings. The summed E-state index contributed by atoms with van der Waals surface area (Å²) in [6.07, 6.45) is 1.72. The second-order valence-corrected chi connectivity index (χ2v) is 9.06. The second-order valence-electron chi connectivity index (χ2n) is 9.06. The Morgan fingerprint density at radius 3 is 2.72 bits per heavy atom. The number of hydrogen-bond donors (Lipinski definition) is 3. The van der Waals surface area contributed by atoms with Gasteiger partial charge in [0.05, 0.1) is 17.7 Å². The minimum Gasteiger partial charge on any atom is -0.408 e. The van der Waals surface area contributed by atoms with Gasteiger partial charge in [-0.3, -0.25) is 19.3 Å². The second kappa shape index (κ2) is 9.23. The Kier molecular flexibility index (Phi) is 6.09. The molecule has 1 aromatic carbocycles. The van der Waals surface area contributed by atoms with Crippen LogP contribution in [-0.2, 0) is 19.1 Å². The molecule has 0 saturated carbocycles. The standard InChI is InChI=1S/C25H25FN4O6/c1-12-19(10-17-16-9-14(26)3-4-18(16)28-23(17)32)27-13(2)22(12)36-25(34)29-20-11-21(31)30(24(20)33)15-5-7-35-8-6-15/h3-4,9-10,15,20,27H,5-8,11H2,1-2H3,(H,28,32)(H,29,34)/b17-10-/t20-/m0/s1. The summed E-state index contributed by atoms with van der Waals surface area (Å²) in [5.41, 5.74) is 2.79. The van der Waals surface area contributed by atoms with E-state index < -0.39 is 23.9 Å². The molecule has 10 nitrogen and oxygen atoms in total. The van der Waals surface area contributed by atoms with Gasteiger partial charge in [-0.15, -0.1) is 0 Å². The molecule has 2 aromatic rings. The van der Waals surface area contributed by atoms with Crippen LogP contribution in [0.4, 0.5) is 14.9 Å². The largest absolute Gasteiger partial charge is 0.413 e. The Balaban J connectivity index is 1.30. The van der Waals surface area contributed by atoms with E-state index in [1.54, 1.807) is 19.9 Å². The van der Waals surface area contributed by atoms with Gasteiger partial charge in [0, 0.05) is 41.8 Å². The van der Waals surface area contributed by atoms with Crippen molar-refractivity contribution in [3.05, 3.63) is 46.5 Å². The van der Waals surface area contributed by atoms with E-state index in [4.69, 9.17) is 9.47 Å². The molecule has 0 radical (unpaired) electrons. The Labute approximate surface area is 205 Å². The maximum absolute atomic E-state index is 13.7. The summed E-state index contributed by atoms with van der Waals surface area (Å²) in [5.74, 6) is -1.38. The van der Waals surface area contributed by atoms with Crippen molar-refractivity contribution in [2.24, 2.45) is 0 Å². The first-order chi connectivity index (χ1) is 17.2. The van der Waals surface area contributed by atoms with Crippen LogP contribution in [0.3, 0.4) is 0 Å². The normalized spacial score (nSPS) is 21.2. The Morgan fingerprint density at radius 1 is 1.22 bits per heavy atom. The first kappa shape index (κ1) is 23.7. The number of likely N-dealkylation sites (tertiary alicyclic amines) is 1. The molecule has 0 bridgehead atoms. The number of amides is 4. The Morgan fingerprint density at radius 2 is 1.97 bits per heavy atom. The number of hydrogen-bond acceptors (Lipinski definition) is 6. The minimum absolute atomic E-state index is 0.126. The van der Waals surface area contributed by atoms with E-state index in [-0.39, 0.29) is 35.6 Å². The molecular weight excluding hydrogens is 471 g/mol. The number of nitrogens with one attached hydrogen (secondary N) is 3. The number of ether oxygens (including phenoxy) is 2. The minimum atomic E-state index is -0.998. The van der Waals surface area contributed by atoms with Gasteiger partial charge in [-0.05, 0) is 51.0 Å². The van der Waals surface area contributed by atoms with Crippen LogP contribution in [0.25, 0.3) is 11.6 Å². The first-order valence-corrected chi connectivity index (χ1v) is 11.7. The highest BCUT2D eigenvalue weighted by atomic mass is 19.1. The van der Waals surface area contributed by atoms with Crippen molar-refractivity contribution in [3.63, 3.8) is 0 Å². The third-order valence-corrected chi connectivity index (χ3v) is 6.69. The maximum Gasteiger partial charge on any atom is 0.413 e. The van der Waals surface area contributed by atoms with E-state index in [9.17, 15) is 23.6 Å². The number of halogens is 1. The molecule has 2 saturated heterocycles. The number of aryl methyl sites for hydroxylation is 1. The number of rotatable bonds is 4. The van der Waals surface area contributed by atoms with Crippen LogP contribution in [0.15, 0.2) is 18.2 Å². The third-order valence-electron chi connectivity index (χ3n) is 6.69. The van der Waals surface area contributed by atoms with Crippen molar-refractivity contribution < 1.29 is 33.0 Å². The van der Waals surface area contributed by atoms with Gasteiger partial charge in [0.1, 0.15) is 11.9 Å². The Bertz CT molecular complexity index is 1310. The van der Waals surface area contributed by atoms with Crippen molar-refractivity contribution in [3.8, 4) is 5.75 Å². The molecule has 1 aromatic heterocycles.